The van der Waals surface area contributed by atoms with Gasteiger partial charge in [-0.2, -0.15) is 0 Å². The van der Waals surface area contributed by atoms with Gasteiger partial charge in [-0.25, -0.2) is 4.79 Å². The van der Waals surface area contributed by atoms with Crippen LogP contribution >= 0.6 is 0 Å². The first-order chi connectivity index (χ1) is 11.3. The van der Waals surface area contributed by atoms with Gasteiger partial charge in [-0.15, -0.1) is 0 Å². The molecule has 1 amide bonds. The number of carbonyl (C=O) groups excluding carboxylic acids is 1. The molecule has 2 bridgehead atoms. The lowest BCUT2D eigenvalue weighted by Crippen LogP contribution is -2.50. The largest absolute Gasteiger partial charge is 0.444 e. The molecule has 0 saturated carbocycles. The van der Waals surface area contributed by atoms with Gasteiger partial charge < -0.3 is 14.4 Å². The van der Waals surface area contributed by atoms with Crippen LogP contribution in [0.25, 0.3) is 0 Å². The van der Waals surface area contributed by atoms with Gasteiger partial charge in [-0.1, -0.05) is 30.3 Å². The lowest BCUT2D eigenvalue weighted by molar-refractivity contribution is -0.0600. The summed E-state index contributed by atoms with van der Waals surface area (Å²) in [4.78, 5) is 14.5. The molecule has 0 N–H and O–H groups in total. The van der Waals surface area contributed by atoms with Gasteiger partial charge in [-0.3, -0.25) is 0 Å². The van der Waals surface area contributed by atoms with Gasteiger partial charge in [-0.05, 0) is 58.9 Å². The van der Waals surface area contributed by atoms with E-state index in [1.54, 1.807) is 0 Å². The molecule has 2 saturated heterocycles. The van der Waals surface area contributed by atoms with E-state index < -0.39 is 5.60 Å². The third-order valence-corrected chi connectivity index (χ3v) is 4.96. The zero-order valence-electron chi connectivity index (χ0n) is 15.2. The second-order valence-electron chi connectivity index (χ2n) is 8.06. The van der Waals surface area contributed by atoms with Crippen molar-refractivity contribution in [2.75, 3.05) is 0 Å². The fraction of sp³-hybridized carbons (Fsp3) is 0.650. The van der Waals surface area contributed by atoms with Crippen molar-refractivity contribution in [2.24, 2.45) is 0 Å². The summed E-state index contributed by atoms with van der Waals surface area (Å²) in [5.74, 6) is 0. The average molecular weight is 331 g/mol. The van der Waals surface area contributed by atoms with Gasteiger partial charge in [0.25, 0.3) is 0 Å². The minimum atomic E-state index is -0.439. The Morgan fingerprint density at radius 2 is 1.71 bits per heavy atom. The summed E-state index contributed by atoms with van der Waals surface area (Å²) in [6.45, 7) is 7.87. The fourth-order valence-electron chi connectivity index (χ4n) is 3.94. The Kier molecular flexibility index (Phi) is 4.86. The van der Waals surface area contributed by atoms with E-state index in [2.05, 4.69) is 19.1 Å². The molecule has 2 fully saturated rings. The minimum absolute atomic E-state index is 0.0867. The van der Waals surface area contributed by atoms with E-state index in [0.29, 0.717) is 0 Å². The third kappa shape index (κ3) is 3.92. The van der Waals surface area contributed by atoms with Crippen LogP contribution in [0.1, 0.15) is 65.0 Å². The average Bonchev–Trinajstić information content (AvgIpc) is 2.78. The molecule has 2 unspecified atom stereocenters. The van der Waals surface area contributed by atoms with Crippen molar-refractivity contribution in [3.8, 4) is 0 Å². The molecule has 4 atom stereocenters. The Morgan fingerprint density at radius 1 is 1.12 bits per heavy atom. The number of piperidine rings is 1. The van der Waals surface area contributed by atoms with Crippen molar-refractivity contribution in [3.05, 3.63) is 35.9 Å². The number of rotatable bonds is 3. The molecule has 1 aromatic rings. The van der Waals surface area contributed by atoms with Crippen molar-refractivity contribution in [1.29, 1.82) is 0 Å². The van der Waals surface area contributed by atoms with Gasteiger partial charge in [0.1, 0.15) is 5.60 Å². The van der Waals surface area contributed by atoms with Crippen LogP contribution in [0.2, 0.25) is 0 Å². The Morgan fingerprint density at radius 3 is 2.25 bits per heavy atom. The molecule has 0 aromatic heterocycles. The highest BCUT2D eigenvalue weighted by Gasteiger charge is 2.45. The Bertz CT molecular complexity index is 552. The van der Waals surface area contributed by atoms with Crippen molar-refractivity contribution in [3.63, 3.8) is 0 Å². The predicted molar refractivity (Wildman–Crippen MR) is 93.8 cm³/mol. The monoisotopic (exact) mass is 331 g/mol. The van der Waals surface area contributed by atoms with E-state index in [1.165, 1.54) is 5.56 Å². The molecule has 4 nitrogen and oxygen atoms in total. The van der Waals surface area contributed by atoms with Crippen LogP contribution in [-0.2, 0) is 9.47 Å². The topological polar surface area (TPSA) is 38.8 Å². The molecular weight excluding hydrogens is 302 g/mol. The minimum Gasteiger partial charge on any atom is -0.444 e. The van der Waals surface area contributed by atoms with E-state index >= 15 is 0 Å². The first-order valence-electron chi connectivity index (χ1n) is 9.05. The zero-order chi connectivity index (χ0) is 17.3. The Hall–Kier alpha value is -1.55. The molecule has 132 valence electrons. The highest BCUT2D eigenvalue weighted by molar-refractivity contribution is 5.69. The number of amides is 1. The Balaban J connectivity index is 1.60. The fourth-order valence-corrected chi connectivity index (χ4v) is 3.94. The van der Waals surface area contributed by atoms with Crippen LogP contribution in [0, 0.1) is 0 Å². The van der Waals surface area contributed by atoms with E-state index in [-0.39, 0.29) is 30.4 Å². The second-order valence-corrected chi connectivity index (χ2v) is 8.06. The van der Waals surface area contributed by atoms with Crippen molar-refractivity contribution in [2.45, 2.75) is 83.3 Å². The number of ether oxygens (including phenoxy) is 2. The van der Waals surface area contributed by atoms with Crippen LogP contribution in [0.4, 0.5) is 4.79 Å². The first kappa shape index (κ1) is 17.3. The summed E-state index contributed by atoms with van der Waals surface area (Å²) in [6.07, 6.45) is 4.08. The highest BCUT2D eigenvalue weighted by atomic mass is 16.6. The molecule has 24 heavy (non-hydrogen) atoms. The summed E-state index contributed by atoms with van der Waals surface area (Å²) >= 11 is 0. The summed E-state index contributed by atoms with van der Waals surface area (Å²) in [6, 6.07) is 10.8. The first-order valence-corrected chi connectivity index (χ1v) is 9.05. The number of fused-ring (bicyclic) bond motifs is 2. The van der Waals surface area contributed by atoms with Crippen molar-refractivity contribution >= 4 is 6.09 Å². The molecule has 2 heterocycles. The van der Waals surface area contributed by atoms with Gasteiger partial charge in [0.15, 0.2) is 0 Å². The summed E-state index contributed by atoms with van der Waals surface area (Å²) in [5.41, 5.74) is 0.769. The molecule has 0 radical (unpaired) electrons. The quantitative estimate of drug-likeness (QED) is 0.806. The number of nitrogens with zero attached hydrogens (tertiary/aromatic N) is 1. The second kappa shape index (κ2) is 6.75. The maximum absolute atomic E-state index is 12.5. The highest BCUT2D eigenvalue weighted by Crippen LogP contribution is 2.39. The van der Waals surface area contributed by atoms with Crippen LogP contribution < -0.4 is 0 Å². The predicted octanol–water partition coefficient (Wildman–Crippen LogP) is 4.69. The summed E-state index contributed by atoms with van der Waals surface area (Å²) < 4.78 is 11.9. The Labute approximate surface area is 145 Å². The third-order valence-electron chi connectivity index (χ3n) is 4.96. The lowest BCUT2D eigenvalue weighted by atomic mass is 9.99. The van der Waals surface area contributed by atoms with Crippen molar-refractivity contribution < 1.29 is 14.3 Å². The molecule has 0 aliphatic carbocycles. The standard InChI is InChI=1S/C20H29NO3/c1-14(15-8-6-5-7-9-15)23-18-12-16-10-11-17(13-18)21(16)19(22)24-20(2,3)4/h5-9,14,16-18H,10-13H2,1-4H3/t14?,16-,17+,18?. The van der Waals surface area contributed by atoms with E-state index in [9.17, 15) is 4.79 Å². The van der Waals surface area contributed by atoms with Crippen LogP contribution in [-0.4, -0.2) is 34.8 Å². The molecule has 1 aromatic carbocycles. The number of benzene rings is 1. The van der Waals surface area contributed by atoms with Gasteiger partial charge >= 0.3 is 6.09 Å². The molecule has 3 rings (SSSR count). The van der Waals surface area contributed by atoms with Crippen LogP contribution in [0.15, 0.2) is 30.3 Å². The van der Waals surface area contributed by atoms with Crippen LogP contribution in [0.3, 0.4) is 0 Å². The zero-order valence-corrected chi connectivity index (χ0v) is 15.2. The number of hydrogen-bond acceptors (Lipinski definition) is 3. The molecule has 0 spiro atoms. The molecule has 2 aliphatic heterocycles. The summed E-state index contributed by atoms with van der Waals surface area (Å²) in [7, 11) is 0. The van der Waals surface area contributed by atoms with E-state index in [0.717, 1.165) is 25.7 Å². The molecular formula is C20H29NO3. The number of carbonyl (C=O) groups is 1. The van der Waals surface area contributed by atoms with Gasteiger partial charge in [0, 0.05) is 12.1 Å². The number of hydrogen-bond donors (Lipinski definition) is 0. The molecule has 2 aliphatic rings. The van der Waals surface area contributed by atoms with Gasteiger partial charge in [0.2, 0.25) is 0 Å². The van der Waals surface area contributed by atoms with Gasteiger partial charge in [0.05, 0.1) is 12.2 Å². The normalized spacial score (nSPS) is 27.8. The SMILES string of the molecule is CC(OC1C[C@H]2CC[C@@H](C1)N2C(=O)OC(C)(C)C)c1ccccc1. The van der Waals surface area contributed by atoms with Crippen molar-refractivity contribution in [1.82, 2.24) is 4.90 Å². The smallest absolute Gasteiger partial charge is 0.410 e. The van der Waals surface area contributed by atoms with Crippen LogP contribution in [0.5, 0.6) is 0 Å². The lowest BCUT2D eigenvalue weighted by Gasteiger charge is -2.40. The summed E-state index contributed by atoms with van der Waals surface area (Å²) in [5, 5.41) is 0. The van der Waals surface area contributed by atoms with E-state index in [4.69, 9.17) is 9.47 Å². The molecule has 4 heteroatoms. The maximum atomic E-state index is 12.5. The van der Waals surface area contributed by atoms with E-state index in [1.807, 2.05) is 43.9 Å². The maximum Gasteiger partial charge on any atom is 0.410 e.